The molecule has 0 spiro atoms. The summed E-state index contributed by atoms with van der Waals surface area (Å²) in [5, 5.41) is 1.64. The van der Waals surface area contributed by atoms with E-state index in [0.717, 1.165) is 16.6 Å². The van der Waals surface area contributed by atoms with Crippen molar-refractivity contribution in [3.63, 3.8) is 0 Å². The fourth-order valence-electron chi connectivity index (χ4n) is 2.28. The third-order valence-electron chi connectivity index (χ3n) is 3.33. The van der Waals surface area contributed by atoms with Gasteiger partial charge >= 0.3 is 0 Å². The molecule has 0 saturated heterocycles. The lowest BCUT2D eigenvalue weighted by Gasteiger charge is -2.06. The van der Waals surface area contributed by atoms with Gasteiger partial charge in [-0.05, 0) is 36.6 Å². The highest BCUT2D eigenvalue weighted by Gasteiger charge is 2.06. The molecule has 0 aliphatic heterocycles. The van der Waals surface area contributed by atoms with E-state index in [4.69, 9.17) is 11.6 Å². The second-order valence-corrected chi connectivity index (χ2v) is 5.11. The molecule has 0 saturated carbocycles. The number of nitrogens with zero attached hydrogens (tertiary/aromatic N) is 1. The third kappa shape index (κ3) is 2.66. The number of halogens is 2. The van der Waals surface area contributed by atoms with Crippen LogP contribution in [0.5, 0.6) is 0 Å². The number of fused-ring (bicyclic) bond motifs is 1. The lowest BCUT2D eigenvalue weighted by Crippen LogP contribution is -1.97. The SMILES string of the molecule is Fc1ccccc1CCc1cc(Cl)c2ccccc2n1. The molecule has 1 heterocycles. The van der Waals surface area contributed by atoms with E-state index in [1.807, 2.05) is 36.4 Å². The van der Waals surface area contributed by atoms with Crippen LogP contribution in [0.2, 0.25) is 5.02 Å². The van der Waals surface area contributed by atoms with Crippen molar-refractivity contribution in [2.45, 2.75) is 12.8 Å². The zero-order valence-electron chi connectivity index (χ0n) is 10.8. The molecule has 1 nitrogen and oxygen atoms in total. The minimum atomic E-state index is -0.167. The Morgan fingerprint density at radius 3 is 2.55 bits per heavy atom. The Morgan fingerprint density at radius 1 is 0.950 bits per heavy atom. The quantitative estimate of drug-likeness (QED) is 0.673. The van der Waals surface area contributed by atoms with Crippen LogP contribution in [0.15, 0.2) is 54.6 Å². The Hall–Kier alpha value is -1.93. The Balaban J connectivity index is 1.86. The number of rotatable bonds is 3. The summed E-state index contributed by atoms with van der Waals surface area (Å²) in [6.45, 7) is 0. The number of aromatic nitrogens is 1. The monoisotopic (exact) mass is 285 g/mol. The van der Waals surface area contributed by atoms with Crippen molar-refractivity contribution in [3.8, 4) is 0 Å². The van der Waals surface area contributed by atoms with Crippen LogP contribution in [0.4, 0.5) is 4.39 Å². The zero-order valence-corrected chi connectivity index (χ0v) is 11.6. The van der Waals surface area contributed by atoms with Gasteiger partial charge in [-0.3, -0.25) is 4.98 Å². The van der Waals surface area contributed by atoms with Gasteiger partial charge in [-0.2, -0.15) is 0 Å². The molecule has 0 bridgehead atoms. The molecule has 3 aromatic rings. The van der Waals surface area contributed by atoms with E-state index in [0.29, 0.717) is 23.4 Å². The summed E-state index contributed by atoms with van der Waals surface area (Å²) in [7, 11) is 0. The Morgan fingerprint density at radius 2 is 1.70 bits per heavy atom. The van der Waals surface area contributed by atoms with E-state index in [1.54, 1.807) is 12.1 Å². The molecule has 20 heavy (non-hydrogen) atoms. The van der Waals surface area contributed by atoms with Gasteiger partial charge in [0.2, 0.25) is 0 Å². The highest BCUT2D eigenvalue weighted by atomic mass is 35.5. The molecule has 0 unspecified atom stereocenters. The Kier molecular flexibility index (Phi) is 3.66. The van der Waals surface area contributed by atoms with Crippen LogP contribution >= 0.6 is 11.6 Å². The molecule has 0 atom stereocenters. The average molecular weight is 286 g/mol. The van der Waals surface area contributed by atoms with Crippen LogP contribution in [0.3, 0.4) is 0 Å². The number of hydrogen-bond acceptors (Lipinski definition) is 1. The van der Waals surface area contributed by atoms with Gasteiger partial charge in [0.05, 0.1) is 10.5 Å². The number of aryl methyl sites for hydroxylation is 2. The van der Waals surface area contributed by atoms with Crippen LogP contribution in [0, 0.1) is 5.82 Å². The first-order valence-corrected chi connectivity index (χ1v) is 6.89. The summed E-state index contributed by atoms with van der Waals surface area (Å²) in [6, 6.07) is 16.5. The summed E-state index contributed by atoms with van der Waals surface area (Å²) >= 11 is 6.26. The Labute approximate surface area is 122 Å². The first kappa shape index (κ1) is 13.1. The molecule has 0 aliphatic carbocycles. The topological polar surface area (TPSA) is 12.9 Å². The number of pyridine rings is 1. The smallest absolute Gasteiger partial charge is 0.126 e. The van der Waals surface area contributed by atoms with Crippen molar-refractivity contribution in [2.75, 3.05) is 0 Å². The van der Waals surface area contributed by atoms with Gasteiger partial charge in [-0.25, -0.2) is 4.39 Å². The van der Waals surface area contributed by atoms with Crippen molar-refractivity contribution in [2.24, 2.45) is 0 Å². The van der Waals surface area contributed by atoms with E-state index < -0.39 is 0 Å². The second kappa shape index (κ2) is 5.59. The van der Waals surface area contributed by atoms with Crippen molar-refractivity contribution in [1.29, 1.82) is 0 Å². The van der Waals surface area contributed by atoms with E-state index >= 15 is 0 Å². The summed E-state index contributed by atoms with van der Waals surface area (Å²) < 4.78 is 13.6. The van der Waals surface area contributed by atoms with Crippen LogP contribution in [-0.4, -0.2) is 4.98 Å². The van der Waals surface area contributed by atoms with Crippen molar-refractivity contribution in [1.82, 2.24) is 4.98 Å². The van der Waals surface area contributed by atoms with E-state index in [9.17, 15) is 4.39 Å². The molecular weight excluding hydrogens is 273 g/mol. The number of benzene rings is 2. The predicted molar refractivity (Wildman–Crippen MR) is 80.6 cm³/mol. The molecule has 3 rings (SSSR count). The predicted octanol–water partition coefficient (Wildman–Crippen LogP) is 4.81. The summed E-state index contributed by atoms with van der Waals surface area (Å²) in [4.78, 5) is 4.57. The fourth-order valence-corrected chi connectivity index (χ4v) is 2.56. The zero-order chi connectivity index (χ0) is 13.9. The third-order valence-corrected chi connectivity index (χ3v) is 3.64. The molecule has 0 fully saturated rings. The van der Waals surface area contributed by atoms with E-state index in [-0.39, 0.29) is 5.82 Å². The van der Waals surface area contributed by atoms with Crippen LogP contribution in [0.1, 0.15) is 11.3 Å². The maximum atomic E-state index is 13.6. The molecule has 0 N–H and O–H groups in total. The molecule has 0 aliphatic rings. The lowest BCUT2D eigenvalue weighted by atomic mass is 10.1. The van der Waals surface area contributed by atoms with Crippen molar-refractivity contribution in [3.05, 3.63) is 76.7 Å². The molecule has 0 radical (unpaired) electrons. The van der Waals surface area contributed by atoms with Gasteiger partial charge in [-0.15, -0.1) is 0 Å². The van der Waals surface area contributed by atoms with Gasteiger partial charge in [0.1, 0.15) is 5.82 Å². The van der Waals surface area contributed by atoms with E-state index in [1.165, 1.54) is 6.07 Å². The summed E-state index contributed by atoms with van der Waals surface area (Å²) in [5.41, 5.74) is 2.47. The molecule has 0 amide bonds. The largest absolute Gasteiger partial charge is 0.253 e. The average Bonchev–Trinajstić information content (AvgIpc) is 2.46. The van der Waals surface area contributed by atoms with Gasteiger partial charge in [0, 0.05) is 11.1 Å². The molecule has 1 aromatic heterocycles. The summed E-state index contributed by atoms with van der Waals surface area (Å²) in [6.07, 6.45) is 1.29. The van der Waals surface area contributed by atoms with Crippen molar-refractivity contribution < 1.29 is 4.39 Å². The fraction of sp³-hybridized carbons (Fsp3) is 0.118. The van der Waals surface area contributed by atoms with Crippen LogP contribution in [-0.2, 0) is 12.8 Å². The Bertz CT molecular complexity index is 755. The highest BCUT2D eigenvalue weighted by molar-refractivity contribution is 6.35. The minimum Gasteiger partial charge on any atom is -0.253 e. The normalized spacial score (nSPS) is 10.9. The second-order valence-electron chi connectivity index (χ2n) is 4.70. The van der Waals surface area contributed by atoms with Crippen molar-refractivity contribution >= 4 is 22.5 Å². The highest BCUT2D eigenvalue weighted by Crippen LogP contribution is 2.23. The van der Waals surface area contributed by atoms with Crippen LogP contribution in [0.25, 0.3) is 10.9 Å². The number of para-hydroxylation sites is 1. The molecule has 3 heteroatoms. The van der Waals surface area contributed by atoms with Gasteiger partial charge in [-0.1, -0.05) is 48.0 Å². The van der Waals surface area contributed by atoms with E-state index in [2.05, 4.69) is 4.98 Å². The first-order chi connectivity index (χ1) is 9.74. The molecule has 100 valence electrons. The summed E-state index contributed by atoms with van der Waals surface area (Å²) in [5.74, 6) is -0.167. The first-order valence-electron chi connectivity index (χ1n) is 6.51. The lowest BCUT2D eigenvalue weighted by molar-refractivity contribution is 0.608. The van der Waals surface area contributed by atoms with Gasteiger partial charge in [0.25, 0.3) is 0 Å². The van der Waals surface area contributed by atoms with Crippen LogP contribution < -0.4 is 0 Å². The standard InChI is InChI=1S/C17H13ClFN/c18-15-11-13(20-17-8-4-2-6-14(15)17)10-9-12-5-1-3-7-16(12)19/h1-8,11H,9-10H2. The van der Waals surface area contributed by atoms with Gasteiger partial charge < -0.3 is 0 Å². The number of hydrogen-bond donors (Lipinski definition) is 0. The molecular formula is C17H13ClFN. The van der Waals surface area contributed by atoms with Gasteiger partial charge in [0.15, 0.2) is 0 Å². The maximum absolute atomic E-state index is 13.6. The minimum absolute atomic E-state index is 0.167. The molecule has 2 aromatic carbocycles. The maximum Gasteiger partial charge on any atom is 0.126 e.